The minimum atomic E-state index is -0.936. The van der Waals surface area contributed by atoms with Gasteiger partial charge in [0, 0.05) is 49.4 Å². The van der Waals surface area contributed by atoms with Crippen LogP contribution in [0, 0.1) is 0 Å². The lowest BCUT2D eigenvalue weighted by molar-refractivity contribution is 0.0697. The molecule has 10 aromatic rings. The molecule has 0 aliphatic carbocycles. The second kappa shape index (κ2) is 14.0. The van der Waals surface area contributed by atoms with E-state index >= 15 is 0 Å². The van der Waals surface area contributed by atoms with E-state index in [1.54, 1.807) is 12.1 Å². The second-order valence-electron chi connectivity index (χ2n) is 22.2. The highest BCUT2D eigenvalue weighted by Gasteiger charge is 2.24. The standard InChI is InChI=1S/C59H59N3O2/c1-56(2,3)36-15-23-49-43(29-36)44-30-37(57(4,5)6)16-24-50(44)61(49)41-21-27-53-47(33-41)48-34-42(22-28-54(48)60(53)40-19-13-35(14-20-40)55(63)64)62-51-25-17-38(58(7,8)9)31-45(51)46-32-39(59(10,11)12)18-26-52(46)62/h13-34H,1-12H3,(H,63,64). The number of carboxylic acids is 1. The van der Waals surface area contributed by atoms with Crippen LogP contribution >= 0.6 is 0 Å². The molecule has 0 fully saturated rings. The number of nitrogens with zero attached hydrogens (tertiary/aromatic N) is 3. The van der Waals surface area contributed by atoms with Crippen molar-refractivity contribution in [2.75, 3.05) is 0 Å². The molecule has 64 heavy (non-hydrogen) atoms. The zero-order valence-corrected chi connectivity index (χ0v) is 39.4. The predicted octanol–water partition coefficient (Wildman–Crippen LogP) is 15.9. The maximum Gasteiger partial charge on any atom is 0.335 e. The van der Waals surface area contributed by atoms with E-state index in [-0.39, 0.29) is 27.2 Å². The molecule has 0 bridgehead atoms. The van der Waals surface area contributed by atoms with Gasteiger partial charge < -0.3 is 18.8 Å². The Hall–Kier alpha value is -6.59. The van der Waals surface area contributed by atoms with Crippen molar-refractivity contribution >= 4 is 71.4 Å². The molecule has 0 amide bonds. The summed E-state index contributed by atoms with van der Waals surface area (Å²) in [5.41, 5.74) is 15.4. The summed E-state index contributed by atoms with van der Waals surface area (Å²) >= 11 is 0. The van der Waals surface area contributed by atoms with Gasteiger partial charge in [-0.25, -0.2) is 4.79 Å². The molecule has 0 saturated carbocycles. The van der Waals surface area contributed by atoms with E-state index in [1.165, 1.54) is 65.9 Å². The van der Waals surface area contributed by atoms with E-state index in [9.17, 15) is 9.90 Å². The molecule has 0 aliphatic heterocycles. The van der Waals surface area contributed by atoms with Gasteiger partial charge in [-0.15, -0.1) is 0 Å². The predicted molar refractivity (Wildman–Crippen MR) is 271 cm³/mol. The molecule has 1 N–H and O–H groups in total. The van der Waals surface area contributed by atoms with Crippen molar-refractivity contribution < 1.29 is 9.90 Å². The topological polar surface area (TPSA) is 52.1 Å². The van der Waals surface area contributed by atoms with Crippen LogP contribution in [-0.4, -0.2) is 24.8 Å². The fraction of sp³-hybridized carbons (Fsp3) is 0.271. The number of hydrogen-bond acceptors (Lipinski definition) is 1. The molecule has 7 aromatic carbocycles. The van der Waals surface area contributed by atoms with Crippen molar-refractivity contribution in [1.29, 1.82) is 0 Å². The lowest BCUT2D eigenvalue weighted by atomic mass is 9.85. The maximum absolute atomic E-state index is 12.0. The smallest absolute Gasteiger partial charge is 0.335 e. The monoisotopic (exact) mass is 841 g/mol. The van der Waals surface area contributed by atoms with Crippen LogP contribution < -0.4 is 0 Å². The van der Waals surface area contributed by atoms with Gasteiger partial charge in [-0.2, -0.15) is 0 Å². The quantitative estimate of drug-likeness (QED) is 0.192. The molecular formula is C59H59N3O2. The molecule has 0 spiro atoms. The van der Waals surface area contributed by atoms with Gasteiger partial charge in [-0.1, -0.05) is 107 Å². The summed E-state index contributed by atoms with van der Waals surface area (Å²) in [6, 6.07) is 48.9. The summed E-state index contributed by atoms with van der Waals surface area (Å²) in [5, 5.41) is 17.1. The first-order valence-electron chi connectivity index (χ1n) is 22.7. The number of aromatic carboxylic acids is 1. The minimum Gasteiger partial charge on any atom is -0.478 e. The number of aromatic nitrogens is 3. The highest BCUT2D eigenvalue weighted by atomic mass is 16.4. The first-order chi connectivity index (χ1) is 30.1. The van der Waals surface area contributed by atoms with Crippen molar-refractivity contribution in [2.45, 2.75) is 105 Å². The van der Waals surface area contributed by atoms with Crippen LogP contribution in [0.25, 0.3) is 82.5 Å². The lowest BCUT2D eigenvalue weighted by Gasteiger charge is -2.19. The van der Waals surface area contributed by atoms with Crippen LogP contribution in [0.4, 0.5) is 0 Å². The van der Waals surface area contributed by atoms with Crippen LogP contribution in [0.1, 0.15) is 116 Å². The molecular weight excluding hydrogens is 783 g/mol. The Morgan fingerprint density at radius 2 is 0.562 bits per heavy atom. The van der Waals surface area contributed by atoms with Gasteiger partial charge in [0.1, 0.15) is 0 Å². The first-order valence-corrected chi connectivity index (χ1v) is 22.7. The fourth-order valence-electron chi connectivity index (χ4n) is 9.78. The van der Waals surface area contributed by atoms with Gasteiger partial charge >= 0.3 is 5.97 Å². The van der Waals surface area contributed by atoms with Crippen molar-refractivity contribution in [3.8, 4) is 17.1 Å². The van der Waals surface area contributed by atoms with E-state index < -0.39 is 5.97 Å². The maximum atomic E-state index is 12.0. The van der Waals surface area contributed by atoms with Gasteiger partial charge in [0.25, 0.3) is 0 Å². The van der Waals surface area contributed by atoms with Crippen LogP contribution in [0.15, 0.2) is 133 Å². The van der Waals surface area contributed by atoms with Crippen LogP contribution in [-0.2, 0) is 21.7 Å². The van der Waals surface area contributed by atoms with E-state index in [2.05, 4.69) is 206 Å². The summed E-state index contributed by atoms with van der Waals surface area (Å²) in [5.74, 6) is -0.936. The third-order valence-electron chi connectivity index (χ3n) is 13.6. The Balaban J connectivity index is 1.27. The van der Waals surface area contributed by atoms with Crippen molar-refractivity contribution in [3.05, 3.63) is 161 Å². The number of benzene rings is 7. The van der Waals surface area contributed by atoms with Crippen LogP contribution in [0.2, 0.25) is 0 Å². The lowest BCUT2D eigenvalue weighted by Crippen LogP contribution is -2.10. The summed E-state index contributed by atoms with van der Waals surface area (Å²) < 4.78 is 7.15. The number of rotatable bonds is 4. The molecule has 0 aliphatic rings. The summed E-state index contributed by atoms with van der Waals surface area (Å²) in [6.45, 7) is 27.4. The first kappa shape index (κ1) is 41.4. The van der Waals surface area contributed by atoms with Gasteiger partial charge in [0.15, 0.2) is 0 Å². The molecule has 322 valence electrons. The Morgan fingerprint density at radius 3 is 0.828 bits per heavy atom. The largest absolute Gasteiger partial charge is 0.478 e. The summed E-state index contributed by atoms with van der Waals surface area (Å²) in [7, 11) is 0. The van der Waals surface area contributed by atoms with Gasteiger partial charge in [0.05, 0.1) is 38.7 Å². The zero-order chi connectivity index (χ0) is 45.4. The molecule has 3 aromatic heterocycles. The molecule has 0 atom stereocenters. The normalized spacial score (nSPS) is 13.1. The van der Waals surface area contributed by atoms with Crippen molar-refractivity contribution in [3.63, 3.8) is 0 Å². The fourth-order valence-corrected chi connectivity index (χ4v) is 9.78. The van der Waals surface area contributed by atoms with E-state index in [0.29, 0.717) is 0 Å². The minimum absolute atomic E-state index is 0.00545. The highest BCUT2D eigenvalue weighted by Crippen LogP contribution is 2.42. The number of carbonyl (C=O) groups is 1. The van der Waals surface area contributed by atoms with Gasteiger partial charge in [0.2, 0.25) is 0 Å². The van der Waals surface area contributed by atoms with Crippen molar-refractivity contribution in [1.82, 2.24) is 13.7 Å². The van der Waals surface area contributed by atoms with E-state index in [0.717, 1.165) is 38.9 Å². The van der Waals surface area contributed by atoms with E-state index in [1.807, 2.05) is 12.1 Å². The molecule has 3 heterocycles. The average molecular weight is 842 g/mol. The average Bonchev–Trinajstić information content (AvgIpc) is 3.86. The second-order valence-corrected chi connectivity index (χ2v) is 22.2. The molecule has 5 heteroatoms. The molecule has 0 saturated heterocycles. The molecule has 10 rings (SSSR count). The Bertz CT molecular complexity index is 3190. The van der Waals surface area contributed by atoms with Crippen molar-refractivity contribution in [2.24, 2.45) is 0 Å². The number of fused-ring (bicyclic) bond motifs is 9. The van der Waals surface area contributed by atoms with Gasteiger partial charge in [-0.05, 0) is 153 Å². The van der Waals surface area contributed by atoms with Crippen LogP contribution in [0.3, 0.4) is 0 Å². The molecule has 5 nitrogen and oxygen atoms in total. The van der Waals surface area contributed by atoms with E-state index in [4.69, 9.17) is 0 Å². The Kier molecular flexibility index (Phi) is 9.03. The third kappa shape index (κ3) is 6.62. The number of carboxylic acid groups (broad SMARTS) is 1. The summed E-state index contributed by atoms with van der Waals surface area (Å²) in [6.07, 6.45) is 0. The summed E-state index contributed by atoms with van der Waals surface area (Å²) in [4.78, 5) is 12.0. The number of hydrogen-bond donors (Lipinski definition) is 1. The molecule has 0 radical (unpaired) electrons. The Labute approximate surface area is 376 Å². The Morgan fingerprint density at radius 1 is 0.328 bits per heavy atom. The highest BCUT2D eigenvalue weighted by molar-refractivity contribution is 6.14. The van der Waals surface area contributed by atoms with Crippen LogP contribution in [0.5, 0.6) is 0 Å². The zero-order valence-electron chi connectivity index (χ0n) is 39.4. The molecule has 0 unspecified atom stereocenters. The SMILES string of the molecule is CC(C)(C)c1ccc2c(c1)c1cc(C(C)(C)C)ccc1n2-c1ccc2c(c1)c1cc(-n3c4ccc(C(C)(C)C)cc4c4cc(C(C)(C)C)ccc43)ccc1n2-c1ccc(C(=O)O)cc1. The third-order valence-corrected chi connectivity index (χ3v) is 13.6. The van der Waals surface area contributed by atoms with Gasteiger partial charge in [-0.3, -0.25) is 0 Å².